The fourth-order valence-corrected chi connectivity index (χ4v) is 2.79. The van der Waals surface area contributed by atoms with Gasteiger partial charge >= 0.3 is 6.03 Å². The molecule has 0 radical (unpaired) electrons. The number of nitrogens with one attached hydrogen (secondary N) is 1. The molecule has 1 aromatic carbocycles. The van der Waals surface area contributed by atoms with Crippen molar-refractivity contribution in [3.8, 4) is 5.75 Å². The monoisotopic (exact) mass is 341 g/mol. The Morgan fingerprint density at radius 1 is 1.24 bits per heavy atom. The van der Waals surface area contributed by atoms with Gasteiger partial charge in [-0.1, -0.05) is 12.1 Å². The molecule has 1 fully saturated rings. The van der Waals surface area contributed by atoms with E-state index in [1.807, 2.05) is 36.1 Å². The number of anilines is 1. The Bertz CT molecular complexity index is 687. The molecule has 1 saturated heterocycles. The number of ether oxygens (including phenoxy) is 1. The van der Waals surface area contributed by atoms with Crippen molar-refractivity contribution in [3.63, 3.8) is 0 Å². The molecule has 3 rings (SSSR count). The molecule has 1 aromatic heterocycles. The molecular formula is C18H23N5O2. The van der Waals surface area contributed by atoms with Gasteiger partial charge in [0.15, 0.2) is 0 Å². The molecule has 132 valence electrons. The van der Waals surface area contributed by atoms with E-state index in [2.05, 4.69) is 20.2 Å². The van der Waals surface area contributed by atoms with Crippen LogP contribution in [-0.4, -0.2) is 53.7 Å². The fraction of sp³-hybridized carbons (Fsp3) is 0.389. The Labute approximate surface area is 147 Å². The van der Waals surface area contributed by atoms with E-state index < -0.39 is 0 Å². The molecule has 7 heteroatoms. The van der Waals surface area contributed by atoms with Gasteiger partial charge in [0.2, 0.25) is 0 Å². The van der Waals surface area contributed by atoms with E-state index in [4.69, 9.17) is 4.74 Å². The summed E-state index contributed by atoms with van der Waals surface area (Å²) in [5, 5.41) is 2.98. The van der Waals surface area contributed by atoms with E-state index in [1.54, 1.807) is 18.6 Å². The molecule has 2 aromatic rings. The van der Waals surface area contributed by atoms with E-state index in [1.165, 1.54) is 0 Å². The first-order valence-corrected chi connectivity index (χ1v) is 8.51. The number of hydrogen-bond acceptors (Lipinski definition) is 5. The highest BCUT2D eigenvalue weighted by atomic mass is 16.5. The van der Waals surface area contributed by atoms with Crippen LogP contribution >= 0.6 is 0 Å². The van der Waals surface area contributed by atoms with Crippen molar-refractivity contribution in [2.75, 3.05) is 37.7 Å². The molecular weight excluding hydrogens is 318 g/mol. The van der Waals surface area contributed by atoms with Crippen molar-refractivity contribution in [3.05, 3.63) is 48.4 Å². The number of carbonyl (C=O) groups excluding carboxylic acids is 1. The second-order valence-electron chi connectivity index (χ2n) is 5.78. The fourth-order valence-electron chi connectivity index (χ4n) is 2.79. The van der Waals surface area contributed by atoms with Crippen molar-refractivity contribution in [1.29, 1.82) is 0 Å². The average molecular weight is 341 g/mol. The number of piperazine rings is 1. The van der Waals surface area contributed by atoms with Gasteiger partial charge in [0.05, 0.1) is 12.8 Å². The maximum Gasteiger partial charge on any atom is 0.317 e. The smallest absolute Gasteiger partial charge is 0.317 e. The normalized spacial score (nSPS) is 14.3. The van der Waals surface area contributed by atoms with Crippen molar-refractivity contribution >= 4 is 11.8 Å². The Kier molecular flexibility index (Phi) is 5.66. The highest BCUT2D eigenvalue weighted by Crippen LogP contribution is 2.14. The summed E-state index contributed by atoms with van der Waals surface area (Å²) in [6.07, 6.45) is 5.10. The van der Waals surface area contributed by atoms with Crippen LogP contribution in [0.2, 0.25) is 0 Å². The number of aromatic nitrogens is 2. The van der Waals surface area contributed by atoms with Crippen LogP contribution in [0.4, 0.5) is 10.6 Å². The van der Waals surface area contributed by atoms with Gasteiger partial charge in [0.1, 0.15) is 11.6 Å². The number of carbonyl (C=O) groups is 1. The van der Waals surface area contributed by atoms with Crippen molar-refractivity contribution in [2.24, 2.45) is 0 Å². The SMILES string of the molecule is CCOc1cccc(CNC(=O)N2CCN(c3cnccn3)CC2)c1. The third-order valence-corrected chi connectivity index (χ3v) is 4.09. The molecule has 0 aliphatic carbocycles. The summed E-state index contributed by atoms with van der Waals surface area (Å²) in [7, 11) is 0. The Morgan fingerprint density at radius 2 is 2.08 bits per heavy atom. The van der Waals surface area contributed by atoms with E-state index >= 15 is 0 Å². The summed E-state index contributed by atoms with van der Waals surface area (Å²) in [6.45, 7) is 5.92. The predicted octanol–water partition coefficient (Wildman–Crippen LogP) is 1.91. The van der Waals surface area contributed by atoms with Crippen LogP contribution in [0.25, 0.3) is 0 Å². The lowest BCUT2D eigenvalue weighted by molar-refractivity contribution is 0.194. The van der Waals surface area contributed by atoms with E-state index in [0.717, 1.165) is 30.2 Å². The second kappa shape index (κ2) is 8.32. The first-order chi connectivity index (χ1) is 12.3. The van der Waals surface area contributed by atoms with Crippen LogP contribution < -0.4 is 15.0 Å². The molecule has 1 aliphatic rings. The summed E-state index contributed by atoms with van der Waals surface area (Å²) in [4.78, 5) is 24.7. The second-order valence-corrected chi connectivity index (χ2v) is 5.78. The average Bonchev–Trinajstić information content (AvgIpc) is 2.67. The highest BCUT2D eigenvalue weighted by molar-refractivity contribution is 5.74. The Balaban J connectivity index is 1.47. The van der Waals surface area contributed by atoms with Crippen LogP contribution in [0.15, 0.2) is 42.9 Å². The van der Waals surface area contributed by atoms with Crippen LogP contribution in [-0.2, 0) is 6.54 Å². The minimum atomic E-state index is -0.0411. The molecule has 2 heterocycles. The van der Waals surface area contributed by atoms with Crippen LogP contribution in [0.1, 0.15) is 12.5 Å². The minimum Gasteiger partial charge on any atom is -0.494 e. The third kappa shape index (κ3) is 4.59. The maximum atomic E-state index is 12.4. The van der Waals surface area contributed by atoms with Gasteiger partial charge in [-0.3, -0.25) is 4.98 Å². The van der Waals surface area contributed by atoms with Crippen molar-refractivity contribution in [2.45, 2.75) is 13.5 Å². The van der Waals surface area contributed by atoms with Crippen molar-refractivity contribution in [1.82, 2.24) is 20.2 Å². The van der Waals surface area contributed by atoms with E-state index in [-0.39, 0.29) is 6.03 Å². The van der Waals surface area contributed by atoms with E-state index in [9.17, 15) is 4.79 Å². The van der Waals surface area contributed by atoms with Gasteiger partial charge in [-0.25, -0.2) is 9.78 Å². The quantitative estimate of drug-likeness (QED) is 0.899. The summed E-state index contributed by atoms with van der Waals surface area (Å²) in [5.41, 5.74) is 1.03. The molecule has 25 heavy (non-hydrogen) atoms. The van der Waals surface area contributed by atoms with Gasteiger partial charge in [-0.2, -0.15) is 0 Å². The Morgan fingerprint density at radius 3 is 2.80 bits per heavy atom. The topological polar surface area (TPSA) is 70.6 Å². The van der Waals surface area contributed by atoms with Gasteiger partial charge < -0.3 is 19.9 Å². The third-order valence-electron chi connectivity index (χ3n) is 4.09. The summed E-state index contributed by atoms with van der Waals surface area (Å²) in [6, 6.07) is 7.75. The molecule has 0 saturated carbocycles. The van der Waals surface area contributed by atoms with Crippen LogP contribution in [0, 0.1) is 0 Å². The number of hydrogen-bond donors (Lipinski definition) is 1. The molecule has 0 bridgehead atoms. The zero-order valence-corrected chi connectivity index (χ0v) is 14.4. The molecule has 1 aliphatic heterocycles. The number of rotatable bonds is 5. The zero-order chi connectivity index (χ0) is 17.5. The zero-order valence-electron chi connectivity index (χ0n) is 14.4. The maximum absolute atomic E-state index is 12.4. The van der Waals surface area contributed by atoms with Crippen LogP contribution in [0.3, 0.4) is 0 Å². The lowest BCUT2D eigenvalue weighted by Gasteiger charge is -2.35. The number of urea groups is 1. The first-order valence-electron chi connectivity index (χ1n) is 8.51. The largest absolute Gasteiger partial charge is 0.494 e. The van der Waals surface area contributed by atoms with Gasteiger partial charge in [-0.15, -0.1) is 0 Å². The summed E-state index contributed by atoms with van der Waals surface area (Å²) >= 11 is 0. The molecule has 0 unspecified atom stereocenters. The van der Waals surface area contributed by atoms with Crippen molar-refractivity contribution < 1.29 is 9.53 Å². The number of benzene rings is 1. The predicted molar refractivity (Wildman–Crippen MR) is 95.7 cm³/mol. The molecule has 0 spiro atoms. The number of amides is 2. The standard InChI is InChI=1S/C18H23N5O2/c1-2-25-16-5-3-4-15(12-16)13-21-18(24)23-10-8-22(9-11-23)17-14-19-6-7-20-17/h3-7,12,14H,2,8-11,13H2,1H3,(H,21,24). The lowest BCUT2D eigenvalue weighted by atomic mass is 10.2. The van der Waals surface area contributed by atoms with Gasteiger partial charge in [0.25, 0.3) is 0 Å². The summed E-state index contributed by atoms with van der Waals surface area (Å²) < 4.78 is 5.48. The van der Waals surface area contributed by atoms with Crippen LogP contribution in [0.5, 0.6) is 5.75 Å². The molecule has 2 amide bonds. The minimum absolute atomic E-state index is 0.0411. The molecule has 0 atom stereocenters. The van der Waals surface area contributed by atoms with Gasteiger partial charge in [0, 0.05) is 45.1 Å². The number of nitrogens with zero attached hydrogens (tertiary/aromatic N) is 4. The first kappa shape index (κ1) is 17.0. The molecule has 7 nitrogen and oxygen atoms in total. The highest BCUT2D eigenvalue weighted by Gasteiger charge is 2.21. The Hall–Kier alpha value is -2.83. The van der Waals surface area contributed by atoms with Gasteiger partial charge in [-0.05, 0) is 24.6 Å². The molecule has 1 N–H and O–H groups in total. The van der Waals surface area contributed by atoms with E-state index in [0.29, 0.717) is 26.2 Å². The lowest BCUT2D eigenvalue weighted by Crippen LogP contribution is -2.51. The summed E-state index contributed by atoms with van der Waals surface area (Å²) in [5.74, 6) is 1.68.